The van der Waals surface area contributed by atoms with Crippen LogP contribution in [-0.2, 0) is 10.2 Å². The van der Waals surface area contributed by atoms with E-state index in [9.17, 15) is 4.79 Å². The molecule has 19 heavy (non-hydrogen) atoms. The minimum atomic E-state index is -0.178. The summed E-state index contributed by atoms with van der Waals surface area (Å²) in [6, 6.07) is 5.95. The van der Waals surface area contributed by atoms with E-state index in [4.69, 9.17) is 0 Å². The number of hydrogen-bond donors (Lipinski definition) is 0. The molecule has 0 unspecified atom stereocenters. The van der Waals surface area contributed by atoms with Crippen molar-refractivity contribution in [2.45, 2.75) is 50.4 Å². The van der Waals surface area contributed by atoms with Crippen molar-refractivity contribution in [1.82, 2.24) is 4.98 Å². The molecule has 100 valence electrons. The smallest absolute Gasteiger partial charge is 0.342 e. The fourth-order valence-corrected chi connectivity index (χ4v) is 2.95. The number of aromatic nitrogens is 1. The molecule has 3 heteroatoms. The number of hydrogen-bond acceptors (Lipinski definition) is 2. The van der Waals surface area contributed by atoms with E-state index < -0.39 is 0 Å². The van der Waals surface area contributed by atoms with Crippen LogP contribution in [0.3, 0.4) is 0 Å². The molecule has 2 rings (SSSR count). The SMILES string of the molecule is [CH2-]C[C@](CC=O)(C[C-]1CCCC1)c1ccccn1.[U+2]. The van der Waals surface area contributed by atoms with Gasteiger partial charge in [-0.15, -0.1) is 0 Å². The molecule has 0 amide bonds. The number of aldehydes is 1. The van der Waals surface area contributed by atoms with Gasteiger partial charge in [0.05, 0.1) is 0 Å². The third-order valence-electron chi connectivity index (χ3n) is 4.06. The molecule has 1 saturated carbocycles. The zero-order chi connectivity index (χ0) is 12.8. The summed E-state index contributed by atoms with van der Waals surface area (Å²) < 4.78 is 0. The van der Waals surface area contributed by atoms with Crippen LogP contribution in [0, 0.1) is 44.0 Å². The van der Waals surface area contributed by atoms with E-state index in [-0.39, 0.29) is 36.5 Å². The average Bonchev–Trinajstić information content (AvgIpc) is 2.92. The summed E-state index contributed by atoms with van der Waals surface area (Å²) in [6.45, 7) is 4.08. The van der Waals surface area contributed by atoms with E-state index in [1.54, 1.807) is 5.92 Å². The molecule has 1 aromatic rings. The van der Waals surface area contributed by atoms with Gasteiger partial charge in [0.15, 0.2) is 0 Å². The Bertz CT molecular complexity index is 376. The molecular weight excluding hydrogens is 460 g/mol. The number of rotatable bonds is 6. The molecule has 0 N–H and O–H groups in total. The Balaban J connectivity index is 0.00000180. The normalized spacial score (nSPS) is 18.6. The van der Waals surface area contributed by atoms with E-state index in [2.05, 4.69) is 11.9 Å². The van der Waals surface area contributed by atoms with Crippen molar-refractivity contribution < 1.29 is 35.9 Å². The van der Waals surface area contributed by atoms with Gasteiger partial charge in [0.2, 0.25) is 0 Å². The summed E-state index contributed by atoms with van der Waals surface area (Å²) in [5.74, 6) is 1.59. The molecule has 0 aliphatic heterocycles. The van der Waals surface area contributed by atoms with E-state index in [1.165, 1.54) is 25.7 Å². The quantitative estimate of drug-likeness (QED) is 0.459. The van der Waals surface area contributed by atoms with Crippen LogP contribution in [0.4, 0.5) is 0 Å². The minimum Gasteiger partial charge on any atom is -0.342 e. The summed E-state index contributed by atoms with van der Waals surface area (Å²) in [5.41, 5.74) is 0.842. The Morgan fingerprint density at radius 3 is 2.63 bits per heavy atom. The van der Waals surface area contributed by atoms with Crippen molar-refractivity contribution in [1.29, 1.82) is 0 Å². The maximum absolute atomic E-state index is 11.1. The van der Waals surface area contributed by atoms with Crippen LogP contribution in [0.25, 0.3) is 0 Å². The first-order valence-electron chi connectivity index (χ1n) is 6.79. The van der Waals surface area contributed by atoms with Crippen LogP contribution in [0.2, 0.25) is 0 Å². The van der Waals surface area contributed by atoms with E-state index in [1.807, 2.05) is 24.4 Å². The summed E-state index contributed by atoms with van der Waals surface area (Å²) in [6.07, 6.45) is 10.1. The van der Waals surface area contributed by atoms with Crippen molar-refractivity contribution in [2.75, 3.05) is 0 Å². The first kappa shape index (κ1) is 16.9. The second-order valence-corrected chi connectivity index (χ2v) is 5.25. The predicted octanol–water partition coefficient (Wildman–Crippen LogP) is 3.67. The van der Waals surface area contributed by atoms with Gasteiger partial charge in [0.1, 0.15) is 6.29 Å². The van der Waals surface area contributed by atoms with Gasteiger partial charge in [-0.2, -0.15) is 25.7 Å². The van der Waals surface area contributed by atoms with Gasteiger partial charge in [-0.3, -0.25) is 4.98 Å². The minimum absolute atomic E-state index is 0. The number of pyridine rings is 1. The maximum atomic E-state index is 11.1. The van der Waals surface area contributed by atoms with Crippen LogP contribution < -0.4 is 0 Å². The fraction of sp³-hybridized carbons (Fsp3) is 0.500. The standard InChI is InChI=1S/C16H21NO.U/c1-2-16(10-12-18,13-14-7-3-4-8-14)15-9-5-6-11-17-15;/h5-6,9,11-12H,1-4,7-8,10,13H2;/q-2;+2/t16-;/m0./s1. The second-order valence-electron chi connectivity index (χ2n) is 5.25. The second kappa shape index (κ2) is 8.22. The number of carbonyl (C=O) groups is 1. The predicted molar refractivity (Wildman–Crippen MR) is 72.9 cm³/mol. The molecule has 1 aliphatic carbocycles. The summed E-state index contributed by atoms with van der Waals surface area (Å²) in [4.78, 5) is 15.5. The molecule has 0 bridgehead atoms. The van der Waals surface area contributed by atoms with Crippen molar-refractivity contribution >= 4 is 6.29 Å². The van der Waals surface area contributed by atoms with Crippen LogP contribution in [0.15, 0.2) is 24.4 Å². The zero-order valence-corrected chi connectivity index (χ0v) is 15.6. The number of nitrogens with zero attached hydrogens (tertiary/aromatic N) is 1. The molecule has 0 spiro atoms. The third kappa shape index (κ3) is 4.17. The van der Waals surface area contributed by atoms with Crippen LogP contribution in [0.1, 0.15) is 50.6 Å². The zero-order valence-electron chi connectivity index (χ0n) is 11.4. The topological polar surface area (TPSA) is 30.0 Å². The van der Waals surface area contributed by atoms with Crippen LogP contribution >= 0.6 is 0 Å². The monoisotopic (exact) mass is 481 g/mol. The summed E-state index contributed by atoms with van der Waals surface area (Å²) in [7, 11) is 0. The van der Waals surface area contributed by atoms with Crippen molar-refractivity contribution in [3.63, 3.8) is 0 Å². The Kier molecular flexibility index (Phi) is 7.33. The maximum Gasteiger partial charge on any atom is 2.00 e. The van der Waals surface area contributed by atoms with Crippen LogP contribution in [0.5, 0.6) is 0 Å². The Morgan fingerprint density at radius 2 is 2.11 bits per heavy atom. The molecule has 1 heterocycles. The van der Waals surface area contributed by atoms with Gasteiger partial charge < -0.3 is 17.6 Å². The van der Waals surface area contributed by atoms with Gasteiger partial charge in [-0.25, -0.2) is 0 Å². The van der Waals surface area contributed by atoms with Gasteiger partial charge >= 0.3 is 31.1 Å². The molecule has 0 saturated heterocycles. The van der Waals surface area contributed by atoms with Crippen molar-refractivity contribution in [3.05, 3.63) is 42.9 Å². The van der Waals surface area contributed by atoms with Gasteiger partial charge in [0.25, 0.3) is 0 Å². The molecule has 1 aromatic heterocycles. The van der Waals surface area contributed by atoms with E-state index >= 15 is 0 Å². The number of carbonyl (C=O) groups excluding carboxylic acids is 1. The molecule has 1 atom stereocenters. The van der Waals surface area contributed by atoms with Crippen molar-refractivity contribution in [2.24, 2.45) is 0 Å². The van der Waals surface area contributed by atoms with E-state index in [0.29, 0.717) is 6.42 Å². The van der Waals surface area contributed by atoms with Gasteiger partial charge in [-0.05, 0) is 17.5 Å². The third-order valence-corrected chi connectivity index (χ3v) is 4.06. The molecular formula is C16H21NOU. The van der Waals surface area contributed by atoms with Gasteiger partial charge in [-0.1, -0.05) is 18.9 Å². The first-order valence-corrected chi connectivity index (χ1v) is 6.79. The summed E-state index contributed by atoms with van der Waals surface area (Å²) in [5, 5.41) is 0. The Hall–Kier alpha value is -0.128. The molecule has 2 nitrogen and oxygen atoms in total. The van der Waals surface area contributed by atoms with Crippen molar-refractivity contribution in [3.8, 4) is 0 Å². The van der Waals surface area contributed by atoms with Crippen LogP contribution in [-0.4, -0.2) is 11.3 Å². The molecule has 0 radical (unpaired) electrons. The molecule has 1 fully saturated rings. The van der Waals surface area contributed by atoms with Gasteiger partial charge in [0, 0.05) is 18.3 Å². The first-order chi connectivity index (χ1) is 8.80. The molecule has 0 aromatic carbocycles. The average molecular weight is 481 g/mol. The fourth-order valence-electron chi connectivity index (χ4n) is 2.95. The Morgan fingerprint density at radius 1 is 1.37 bits per heavy atom. The largest absolute Gasteiger partial charge is 2.00 e. The Labute approximate surface area is 140 Å². The molecule has 1 aliphatic rings. The van der Waals surface area contributed by atoms with E-state index in [0.717, 1.165) is 24.8 Å². The summed E-state index contributed by atoms with van der Waals surface area (Å²) >= 11 is 0.